The molecule has 26 heavy (non-hydrogen) atoms. The van der Waals surface area contributed by atoms with Gasteiger partial charge >= 0.3 is 5.97 Å². The fraction of sp³-hybridized carbons (Fsp3) is 0.429. The summed E-state index contributed by atoms with van der Waals surface area (Å²) < 4.78 is 5.00. The number of rotatable bonds is 3. The van der Waals surface area contributed by atoms with Crippen molar-refractivity contribution in [3.63, 3.8) is 0 Å². The highest BCUT2D eigenvalue weighted by Crippen LogP contribution is 2.44. The van der Waals surface area contributed by atoms with E-state index in [-0.39, 0.29) is 17.3 Å². The Kier molecular flexibility index (Phi) is 5.19. The summed E-state index contributed by atoms with van der Waals surface area (Å²) in [6.07, 6.45) is 2.83. The van der Waals surface area contributed by atoms with Gasteiger partial charge in [0.25, 0.3) is 5.91 Å². The van der Waals surface area contributed by atoms with Gasteiger partial charge in [-0.3, -0.25) is 4.79 Å². The van der Waals surface area contributed by atoms with Gasteiger partial charge in [0.2, 0.25) is 0 Å². The Hall–Kier alpha value is -2.14. The maximum Gasteiger partial charge on any atom is 0.341 e. The summed E-state index contributed by atoms with van der Waals surface area (Å²) in [5, 5.41) is 3.53. The molecule has 1 aromatic carbocycles. The second kappa shape index (κ2) is 7.23. The van der Waals surface area contributed by atoms with Crippen molar-refractivity contribution in [1.29, 1.82) is 0 Å². The van der Waals surface area contributed by atoms with Crippen molar-refractivity contribution in [1.82, 2.24) is 0 Å². The molecule has 2 aromatic rings. The number of ether oxygens (including phenoxy) is 1. The van der Waals surface area contributed by atoms with Crippen molar-refractivity contribution < 1.29 is 14.3 Å². The molecule has 3 rings (SSSR count). The minimum Gasteiger partial charge on any atom is -0.465 e. The number of nitrogens with one attached hydrogen (secondary N) is 1. The second-order valence-corrected chi connectivity index (χ2v) is 8.93. The summed E-state index contributed by atoms with van der Waals surface area (Å²) in [4.78, 5) is 26.1. The largest absolute Gasteiger partial charge is 0.465 e. The summed E-state index contributed by atoms with van der Waals surface area (Å²) in [5.74, 6) is -0.0152. The lowest BCUT2D eigenvalue weighted by Gasteiger charge is -2.33. The zero-order chi connectivity index (χ0) is 18.9. The van der Waals surface area contributed by atoms with Crippen LogP contribution in [0.1, 0.15) is 58.3 Å². The summed E-state index contributed by atoms with van der Waals surface area (Å²) in [6, 6.07) is 9.03. The van der Waals surface area contributed by atoms with Crippen molar-refractivity contribution in [2.75, 3.05) is 12.4 Å². The van der Waals surface area contributed by atoms with Gasteiger partial charge in [0.05, 0.1) is 12.7 Å². The van der Waals surface area contributed by atoms with Crippen LogP contribution in [0.5, 0.6) is 0 Å². The third-order valence-corrected chi connectivity index (χ3v) is 6.31. The molecule has 0 spiro atoms. The number of anilines is 1. The highest BCUT2D eigenvalue weighted by Gasteiger charge is 2.34. The Balaban J connectivity index is 1.94. The fourth-order valence-corrected chi connectivity index (χ4v) is 4.81. The first kappa shape index (κ1) is 18.6. The van der Waals surface area contributed by atoms with E-state index in [2.05, 4.69) is 26.1 Å². The lowest BCUT2D eigenvalue weighted by Crippen LogP contribution is -2.26. The van der Waals surface area contributed by atoms with Crippen LogP contribution in [-0.4, -0.2) is 19.0 Å². The van der Waals surface area contributed by atoms with Crippen molar-refractivity contribution in [2.45, 2.75) is 40.0 Å². The molecule has 1 N–H and O–H groups in total. The molecule has 0 bridgehead atoms. The quantitative estimate of drug-likeness (QED) is 0.778. The van der Waals surface area contributed by atoms with Crippen LogP contribution in [0, 0.1) is 11.3 Å². The molecule has 5 heteroatoms. The molecule has 1 aliphatic carbocycles. The first-order valence-electron chi connectivity index (χ1n) is 8.90. The predicted octanol–water partition coefficient (Wildman–Crippen LogP) is 4.94. The van der Waals surface area contributed by atoms with Crippen LogP contribution in [0.25, 0.3) is 0 Å². The van der Waals surface area contributed by atoms with Crippen molar-refractivity contribution in [3.05, 3.63) is 51.9 Å². The number of thiophene rings is 1. The molecule has 0 saturated heterocycles. The Morgan fingerprint density at radius 3 is 2.50 bits per heavy atom. The standard InChI is InChI=1S/C21H25NO3S/c1-21(2,3)14-10-11-15-16(12-14)26-19(17(15)20(24)25-4)22-18(23)13-8-6-5-7-9-13/h5-9,14H,10-12H2,1-4H3,(H,22,23)/t14-/m1/s1. The SMILES string of the molecule is COC(=O)c1c(NC(=O)c2ccccc2)sc2c1CC[C@@H](C(C)(C)C)C2. The minimum atomic E-state index is -0.375. The number of amides is 1. The van der Waals surface area contributed by atoms with Gasteiger partial charge in [-0.25, -0.2) is 4.79 Å². The molecule has 4 nitrogen and oxygen atoms in total. The van der Waals surface area contributed by atoms with Gasteiger partial charge in [0.1, 0.15) is 5.00 Å². The van der Waals surface area contributed by atoms with Gasteiger partial charge in [-0.05, 0) is 48.3 Å². The van der Waals surface area contributed by atoms with Crippen molar-refractivity contribution in [2.24, 2.45) is 11.3 Å². The summed E-state index contributed by atoms with van der Waals surface area (Å²) in [6.45, 7) is 6.78. The van der Waals surface area contributed by atoms with Crippen LogP contribution in [-0.2, 0) is 17.6 Å². The maximum absolute atomic E-state index is 12.6. The Bertz CT molecular complexity index is 818. The molecule has 0 saturated carbocycles. The normalized spacial score (nSPS) is 16.7. The Morgan fingerprint density at radius 2 is 1.88 bits per heavy atom. The van der Waals surface area contributed by atoms with Crippen LogP contribution in [0.3, 0.4) is 0 Å². The van der Waals surface area contributed by atoms with Crippen LogP contribution in [0.2, 0.25) is 0 Å². The smallest absolute Gasteiger partial charge is 0.341 e. The first-order chi connectivity index (χ1) is 12.3. The van der Waals surface area contributed by atoms with Crippen LogP contribution in [0.15, 0.2) is 30.3 Å². The van der Waals surface area contributed by atoms with Gasteiger partial charge in [-0.2, -0.15) is 0 Å². The lowest BCUT2D eigenvalue weighted by atomic mass is 9.72. The first-order valence-corrected chi connectivity index (χ1v) is 9.72. The molecule has 1 heterocycles. The lowest BCUT2D eigenvalue weighted by molar-refractivity contribution is 0.0600. The van der Waals surface area contributed by atoms with Crippen molar-refractivity contribution >= 4 is 28.2 Å². The maximum atomic E-state index is 12.6. The summed E-state index contributed by atoms with van der Waals surface area (Å²) in [7, 11) is 1.38. The van der Waals surface area contributed by atoms with Gasteiger partial charge in [0, 0.05) is 10.4 Å². The number of benzene rings is 1. The molecule has 0 unspecified atom stereocenters. The molecular weight excluding hydrogens is 346 g/mol. The van der Waals surface area contributed by atoms with E-state index in [0.717, 1.165) is 24.8 Å². The third kappa shape index (κ3) is 3.68. The average molecular weight is 372 g/mol. The number of esters is 1. The topological polar surface area (TPSA) is 55.4 Å². The molecule has 1 atom stereocenters. The van der Waals surface area contributed by atoms with Gasteiger partial charge in [0.15, 0.2) is 0 Å². The summed E-state index contributed by atoms with van der Waals surface area (Å²) >= 11 is 1.52. The molecule has 0 fully saturated rings. The van der Waals surface area contributed by atoms with Crippen molar-refractivity contribution in [3.8, 4) is 0 Å². The number of hydrogen-bond donors (Lipinski definition) is 1. The van der Waals surface area contributed by atoms with E-state index in [1.165, 1.54) is 23.3 Å². The number of hydrogen-bond acceptors (Lipinski definition) is 4. The van der Waals surface area contributed by atoms with E-state index in [4.69, 9.17) is 4.74 Å². The molecule has 1 amide bonds. The predicted molar refractivity (Wildman–Crippen MR) is 105 cm³/mol. The second-order valence-electron chi connectivity index (χ2n) is 7.83. The van der Waals surface area contributed by atoms with Crippen LogP contribution >= 0.6 is 11.3 Å². The average Bonchev–Trinajstić information content (AvgIpc) is 2.98. The van der Waals surface area contributed by atoms with E-state index >= 15 is 0 Å². The number of fused-ring (bicyclic) bond motifs is 1. The molecular formula is C21H25NO3S. The Labute approximate surface area is 158 Å². The zero-order valence-electron chi connectivity index (χ0n) is 15.7. The van der Waals surface area contributed by atoms with Gasteiger partial charge < -0.3 is 10.1 Å². The number of methoxy groups -OCH3 is 1. The van der Waals surface area contributed by atoms with Crippen LogP contribution in [0.4, 0.5) is 5.00 Å². The van der Waals surface area contributed by atoms with Crippen LogP contribution < -0.4 is 5.32 Å². The monoisotopic (exact) mass is 371 g/mol. The summed E-state index contributed by atoms with van der Waals surface area (Å²) in [5.41, 5.74) is 2.37. The van der Waals surface area contributed by atoms with E-state index in [1.807, 2.05) is 18.2 Å². The fourth-order valence-electron chi connectivity index (χ4n) is 3.50. The highest BCUT2D eigenvalue weighted by atomic mass is 32.1. The highest BCUT2D eigenvalue weighted by molar-refractivity contribution is 7.17. The molecule has 138 valence electrons. The molecule has 0 radical (unpaired) electrons. The molecule has 1 aliphatic rings. The van der Waals surface area contributed by atoms with E-state index in [9.17, 15) is 9.59 Å². The minimum absolute atomic E-state index is 0.207. The van der Waals surface area contributed by atoms with E-state index in [1.54, 1.807) is 12.1 Å². The zero-order valence-corrected chi connectivity index (χ0v) is 16.5. The Morgan fingerprint density at radius 1 is 1.19 bits per heavy atom. The molecule has 0 aliphatic heterocycles. The van der Waals surface area contributed by atoms with Gasteiger partial charge in [-0.1, -0.05) is 39.0 Å². The number of carbonyl (C=O) groups is 2. The number of carbonyl (C=O) groups excluding carboxylic acids is 2. The molecule has 1 aromatic heterocycles. The third-order valence-electron chi connectivity index (χ3n) is 5.14. The van der Waals surface area contributed by atoms with E-state index in [0.29, 0.717) is 22.0 Å². The van der Waals surface area contributed by atoms with E-state index < -0.39 is 0 Å². The van der Waals surface area contributed by atoms with Gasteiger partial charge in [-0.15, -0.1) is 11.3 Å².